The molecule has 1 heterocycles. The highest BCUT2D eigenvalue weighted by Crippen LogP contribution is 2.16. The Balaban J connectivity index is 2.43. The van der Waals surface area contributed by atoms with E-state index in [9.17, 15) is 0 Å². The molecule has 0 amide bonds. The fourth-order valence-corrected chi connectivity index (χ4v) is 2.32. The molecule has 1 fully saturated rings. The Labute approximate surface area is 93.7 Å². The largest absolute Gasteiger partial charge is 0.382 e. The molecule has 0 radical (unpaired) electrons. The van der Waals surface area contributed by atoms with Crippen molar-refractivity contribution in [2.75, 3.05) is 26.8 Å². The van der Waals surface area contributed by atoms with Crippen LogP contribution < -0.4 is 0 Å². The number of nitrogens with zero attached hydrogens (tertiary/aromatic N) is 1. The Bertz CT molecular complexity index is 175. The van der Waals surface area contributed by atoms with Crippen LogP contribution >= 0.6 is 0 Å². The molecule has 15 heavy (non-hydrogen) atoms. The van der Waals surface area contributed by atoms with Gasteiger partial charge in [-0.1, -0.05) is 13.3 Å². The van der Waals surface area contributed by atoms with Crippen LogP contribution in [0.1, 0.15) is 33.6 Å². The first-order valence-corrected chi connectivity index (χ1v) is 6.05. The van der Waals surface area contributed by atoms with Crippen LogP contribution in [0, 0.1) is 0 Å². The van der Waals surface area contributed by atoms with Crippen LogP contribution in [0.2, 0.25) is 0 Å². The summed E-state index contributed by atoms with van der Waals surface area (Å²) in [5, 5.41) is 0. The average Bonchev–Trinajstić information content (AvgIpc) is 2.17. The van der Waals surface area contributed by atoms with Crippen LogP contribution in [-0.4, -0.2) is 50.0 Å². The van der Waals surface area contributed by atoms with Crippen molar-refractivity contribution in [1.29, 1.82) is 0 Å². The molecule has 0 aromatic rings. The third kappa shape index (κ3) is 4.09. The zero-order chi connectivity index (χ0) is 11.3. The van der Waals surface area contributed by atoms with Crippen molar-refractivity contribution in [2.45, 2.75) is 51.9 Å². The minimum Gasteiger partial charge on any atom is -0.382 e. The lowest BCUT2D eigenvalue weighted by molar-refractivity contribution is -0.109. The lowest BCUT2D eigenvalue weighted by Crippen LogP contribution is -2.51. The monoisotopic (exact) mass is 215 g/mol. The van der Waals surface area contributed by atoms with Crippen molar-refractivity contribution < 1.29 is 9.47 Å². The van der Waals surface area contributed by atoms with E-state index in [2.05, 4.69) is 25.7 Å². The summed E-state index contributed by atoms with van der Waals surface area (Å²) >= 11 is 0. The number of methoxy groups -OCH3 is 1. The third-order valence-corrected chi connectivity index (χ3v) is 3.04. The quantitative estimate of drug-likeness (QED) is 0.699. The Morgan fingerprint density at radius 2 is 2.20 bits per heavy atom. The van der Waals surface area contributed by atoms with Gasteiger partial charge in [0.2, 0.25) is 0 Å². The van der Waals surface area contributed by atoms with E-state index in [0.29, 0.717) is 18.8 Å². The van der Waals surface area contributed by atoms with Gasteiger partial charge in [-0.15, -0.1) is 0 Å². The molecule has 0 aliphatic carbocycles. The topological polar surface area (TPSA) is 21.7 Å². The molecule has 1 saturated heterocycles. The highest BCUT2D eigenvalue weighted by Gasteiger charge is 2.27. The Morgan fingerprint density at radius 3 is 2.80 bits per heavy atom. The van der Waals surface area contributed by atoms with Crippen molar-refractivity contribution in [3.8, 4) is 0 Å². The van der Waals surface area contributed by atoms with Gasteiger partial charge in [0.1, 0.15) is 0 Å². The van der Waals surface area contributed by atoms with Crippen LogP contribution in [0.25, 0.3) is 0 Å². The van der Waals surface area contributed by atoms with Gasteiger partial charge in [0.25, 0.3) is 0 Å². The van der Waals surface area contributed by atoms with Crippen LogP contribution in [0.15, 0.2) is 0 Å². The first-order chi connectivity index (χ1) is 7.17. The lowest BCUT2D eigenvalue weighted by atomic mass is 10.1. The van der Waals surface area contributed by atoms with Gasteiger partial charge in [-0.05, 0) is 20.3 Å². The van der Waals surface area contributed by atoms with Gasteiger partial charge in [-0.25, -0.2) is 0 Å². The van der Waals surface area contributed by atoms with Crippen molar-refractivity contribution >= 4 is 0 Å². The number of ether oxygens (including phenoxy) is 2. The van der Waals surface area contributed by atoms with Crippen LogP contribution in [0.4, 0.5) is 0 Å². The fourth-order valence-electron chi connectivity index (χ4n) is 2.32. The van der Waals surface area contributed by atoms with E-state index in [-0.39, 0.29) is 6.10 Å². The molecule has 0 saturated carbocycles. The van der Waals surface area contributed by atoms with Crippen molar-refractivity contribution in [3.63, 3.8) is 0 Å². The molecule has 0 aromatic carbocycles. The van der Waals surface area contributed by atoms with Gasteiger partial charge >= 0.3 is 0 Å². The van der Waals surface area contributed by atoms with Crippen molar-refractivity contribution in [3.05, 3.63) is 0 Å². The Kier molecular flexibility index (Phi) is 5.58. The van der Waals surface area contributed by atoms with Gasteiger partial charge in [0.15, 0.2) is 0 Å². The van der Waals surface area contributed by atoms with E-state index in [0.717, 1.165) is 13.1 Å². The van der Waals surface area contributed by atoms with E-state index in [4.69, 9.17) is 9.47 Å². The van der Waals surface area contributed by atoms with Crippen LogP contribution in [0.3, 0.4) is 0 Å². The second kappa shape index (κ2) is 6.46. The predicted octanol–water partition coefficient (Wildman–Crippen LogP) is 1.91. The molecule has 3 nitrogen and oxygen atoms in total. The molecule has 1 aliphatic rings. The van der Waals surface area contributed by atoms with E-state index < -0.39 is 0 Å². The summed E-state index contributed by atoms with van der Waals surface area (Å²) in [7, 11) is 1.74. The van der Waals surface area contributed by atoms with Crippen molar-refractivity contribution in [2.24, 2.45) is 0 Å². The number of morpholine rings is 1. The summed E-state index contributed by atoms with van der Waals surface area (Å²) in [5.74, 6) is 0. The summed E-state index contributed by atoms with van der Waals surface area (Å²) < 4.78 is 11.0. The SMILES string of the molecule is CCC[C@H](C)N1C[C@@H](COC)O[C@@H](C)C1. The standard InChI is InChI=1S/C12H25NO2/c1-5-6-10(2)13-7-11(3)15-12(8-13)9-14-4/h10-12H,5-9H2,1-4H3/t10-,11-,12-/m0/s1. The maximum absolute atomic E-state index is 5.82. The molecule has 0 N–H and O–H groups in total. The third-order valence-electron chi connectivity index (χ3n) is 3.04. The number of rotatable bonds is 5. The molecule has 0 bridgehead atoms. The predicted molar refractivity (Wildman–Crippen MR) is 62.2 cm³/mol. The Morgan fingerprint density at radius 1 is 1.47 bits per heavy atom. The molecule has 90 valence electrons. The first-order valence-electron chi connectivity index (χ1n) is 6.05. The molecule has 0 unspecified atom stereocenters. The van der Waals surface area contributed by atoms with Gasteiger partial charge < -0.3 is 9.47 Å². The average molecular weight is 215 g/mol. The first kappa shape index (κ1) is 12.9. The maximum Gasteiger partial charge on any atom is 0.0939 e. The molecule has 0 spiro atoms. The summed E-state index contributed by atoms with van der Waals surface area (Å²) in [5.41, 5.74) is 0. The Hall–Kier alpha value is -0.120. The smallest absolute Gasteiger partial charge is 0.0939 e. The summed E-state index contributed by atoms with van der Waals surface area (Å²) in [4.78, 5) is 2.53. The lowest BCUT2D eigenvalue weighted by Gasteiger charge is -2.39. The summed E-state index contributed by atoms with van der Waals surface area (Å²) in [6.45, 7) is 9.48. The molecular formula is C12H25NO2. The molecule has 3 atom stereocenters. The highest BCUT2D eigenvalue weighted by atomic mass is 16.5. The normalized spacial score (nSPS) is 30.4. The molecule has 3 heteroatoms. The zero-order valence-corrected chi connectivity index (χ0v) is 10.5. The van der Waals surface area contributed by atoms with E-state index in [1.807, 2.05) is 0 Å². The van der Waals surface area contributed by atoms with Crippen LogP contribution in [-0.2, 0) is 9.47 Å². The second-order valence-electron chi connectivity index (χ2n) is 4.62. The zero-order valence-electron chi connectivity index (χ0n) is 10.5. The number of hydrogen-bond donors (Lipinski definition) is 0. The van der Waals surface area contributed by atoms with Gasteiger partial charge in [0.05, 0.1) is 18.8 Å². The van der Waals surface area contributed by atoms with E-state index in [1.165, 1.54) is 12.8 Å². The number of hydrogen-bond acceptors (Lipinski definition) is 3. The second-order valence-corrected chi connectivity index (χ2v) is 4.62. The van der Waals surface area contributed by atoms with E-state index in [1.54, 1.807) is 7.11 Å². The molecular weight excluding hydrogens is 190 g/mol. The maximum atomic E-state index is 5.82. The fraction of sp³-hybridized carbons (Fsp3) is 1.00. The van der Waals surface area contributed by atoms with Gasteiger partial charge in [-0.3, -0.25) is 4.90 Å². The minimum atomic E-state index is 0.248. The summed E-state index contributed by atoms with van der Waals surface area (Å²) in [6.07, 6.45) is 3.10. The highest BCUT2D eigenvalue weighted by molar-refractivity contribution is 4.79. The van der Waals surface area contributed by atoms with Crippen molar-refractivity contribution in [1.82, 2.24) is 4.90 Å². The molecule has 1 aliphatic heterocycles. The molecule has 0 aromatic heterocycles. The summed E-state index contributed by atoms with van der Waals surface area (Å²) in [6, 6.07) is 0.667. The minimum absolute atomic E-state index is 0.248. The molecule has 1 rings (SSSR count). The van der Waals surface area contributed by atoms with E-state index >= 15 is 0 Å². The van der Waals surface area contributed by atoms with Gasteiger partial charge in [-0.2, -0.15) is 0 Å². The van der Waals surface area contributed by atoms with Crippen LogP contribution in [0.5, 0.6) is 0 Å². The van der Waals surface area contributed by atoms with Gasteiger partial charge in [0, 0.05) is 26.2 Å².